The van der Waals surface area contributed by atoms with E-state index in [0.717, 1.165) is 5.75 Å². The van der Waals surface area contributed by atoms with Crippen LogP contribution in [0.4, 0.5) is 0 Å². The van der Waals surface area contributed by atoms with E-state index >= 15 is 0 Å². The molecule has 2 aromatic rings. The van der Waals surface area contributed by atoms with Gasteiger partial charge in [0, 0.05) is 5.56 Å². The van der Waals surface area contributed by atoms with Crippen LogP contribution < -0.4 is 9.47 Å². The number of hydrogen-bond donors (Lipinski definition) is 0. The highest BCUT2D eigenvalue weighted by Gasteiger charge is 2.32. The lowest BCUT2D eigenvalue weighted by molar-refractivity contribution is -0.160. The largest absolute Gasteiger partial charge is 0.494 e. The second kappa shape index (κ2) is 8.20. The van der Waals surface area contributed by atoms with Crippen LogP contribution in [0.25, 0.3) is 0 Å². The molecule has 25 heavy (non-hydrogen) atoms. The van der Waals surface area contributed by atoms with Crippen molar-refractivity contribution in [2.75, 3.05) is 6.61 Å². The van der Waals surface area contributed by atoms with Gasteiger partial charge in [-0.1, -0.05) is 18.2 Å². The van der Waals surface area contributed by atoms with Crippen LogP contribution in [0, 0.1) is 11.3 Å². The molecule has 0 unspecified atom stereocenters. The molecule has 0 aliphatic carbocycles. The van der Waals surface area contributed by atoms with Crippen LogP contribution in [0.5, 0.6) is 11.5 Å². The van der Waals surface area contributed by atoms with Crippen LogP contribution in [-0.2, 0) is 16.1 Å². The van der Waals surface area contributed by atoms with Gasteiger partial charge in [-0.3, -0.25) is 0 Å². The lowest BCUT2D eigenvalue weighted by Gasteiger charge is -2.24. The normalized spacial score (nSPS) is 10.6. The standard InChI is InChI=1S/C20H21NO4/c1-4-23-17-9-11-18(12-10-17)25-20(2,3)19(22)24-14-16-8-6-5-7-15(16)13-21/h5-12H,4,14H2,1-3H3. The molecule has 2 aromatic carbocycles. The lowest BCUT2D eigenvalue weighted by Crippen LogP contribution is -2.39. The molecular weight excluding hydrogens is 318 g/mol. The van der Waals surface area contributed by atoms with Gasteiger partial charge in [0.15, 0.2) is 5.60 Å². The molecule has 0 heterocycles. The molecule has 5 nitrogen and oxygen atoms in total. The lowest BCUT2D eigenvalue weighted by atomic mass is 10.1. The highest BCUT2D eigenvalue weighted by atomic mass is 16.6. The van der Waals surface area contributed by atoms with Gasteiger partial charge >= 0.3 is 5.97 Å². The fraction of sp³-hybridized carbons (Fsp3) is 0.300. The van der Waals surface area contributed by atoms with Crippen molar-refractivity contribution < 1.29 is 19.0 Å². The summed E-state index contributed by atoms with van der Waals surface area (Å²) in [7, 11) is 0. The van der Waals surface area contributed by atoms with Crippen molar-refractivity contribution >= 4 is 5.97 Å². The van der Waals surface area contributed by atoms with Crippen LogP contribution in [0.3, 0.4) is 0 Å². The average molecular weight is 339 g/mol. The molecular formula is C20H21NO4. The quantitative estimate of drug-likeness (QED) is 0.717. The van der Waals surface area contributed by atoms with Crippen LogP contribution >= 0.6 is 0 Å². The number of benzene rings is 2. The number of rotatable bonds is 7. The fourth-order valence-electron chi connectivity index (χ4n) is 2.18. The van der Waals surface area contributed by atoms with Crippen LogP contribution in [0.2, 0.25) is 0 Å². The maximum atomic E-state index is 12.4. The maximum Gasteiger partial charge on any atom is 0.350 e. The highest BCUT2D eigenvalue weighted by molar-refractivity contribution is 5.79. The third-order valence-corrected chi connectivity index (χ3v) is 3.50. The third kappa shape index (κ3) is 4.98. The summed E-state index contributed by atoms with van der Waals surface area (Å²) in [6.07, 6.45) is 0. The molecule has 0 aromatic heterocycles. The number of carbonyl (C=O) groups excluding carboxylic acids is 1. The molecule has 0 radical (unpaired) electrons. The van der Waals surface area contributed by atoms with Crippen LogP contribution in [0.15, 0.2) is 48.5 Å². The van der Waals surface area contributed by atoms with E-state index in [1.807, 2.05) is 6.92 Å². The van der Waals surface area contributed by atoms with Crippen molar-refractivity contribution in [1.82, 2.24) is 0 Å². The second-order valence-corrected chi connectivity index (χ2v) is 5.86. The minimum Gasteiger partial charge on any atom is -0.494 e. The highest BCUT2D eigenvalue weighted by Crippen LogP contribution is 2.23. The van der Waals surface area contributed by atoms with E-state index in [9.17, 15) is 4.79 Å². The SMILES string of the molecule is CCOc1ccc(OC(C)(C)C(=O)OCc2ccccc2C#N)cc1. The summed E-state index contributed by atoms with van der Waals surface area (Å²) in [6, 6.07) is 16.1. The minimum atomic E-state index is -1.16. The third-order valence-electron chi connectivity index (χ3n) is 3.50. The van der Waals surface area contributed by atoms with E-state index in [0.29, 0.717) is 23.5 Å². The zero-order valence-electron chi connectivity index (χ0n) is 14.6. The first kappa shape index (κ1) is 18.3. The Kier molecular flexibility index (Phi) is 6.02. The summed E-state index contributed by atoms with van der Waals surface area (Å²) < 4.78 is 16.5. The van der Waals surface area contributed by atoms with Crippen molar-refractivity contribution in [3.05, 3.63) is 59.7 Å². The molecule has 0 N–H and O–H groups in total. The van der Waals surface area contributed by atoms with E-state index in [4.69, 9.17) is 19.5 Å². The molecule has 0 spiro atoms. The summed E-state index contributed by atoms with van der Waals surface area (Å²) in [5.74, 6) is 0.778. The maximum absolute atomic E-state index is 12.4. The van der Waals surface area contributed by atoms with Crippen molar-refractivity contribution in [3.8, 4) is 17.6 Å². The number of ether oxygens (including phenoxy) is 3. The Bertz CT molecular complexity index is 760. The van der Waals surface area contributed by atoms with Gasteiger partial charge in [0.2, 0.25) is 0 Å². The summed E-state index contributed by atoms with van der Waals surface area (Å²) in [4.78, 5) is 12.4. The van der Waals surface area contributed by atoms with Gasteiger partial charge in [-0.25, -0.2) is 4.79 Å². The Hall–Kier alpha value is -3.00. The zero-order valence-corrected chi connectivity index (χ0v) is 14.6. The van der Waals surface area contributed by atoms with E-state index in [1.54, 1.807) is 62.4 Å². The molecule has 2 rings (SSSR count). The smallest absolute Gasteiger partial charge is 0.350 e. The first-order valence-electron chi connectivity index (χ1n) is 8.03. The first-order valence-corrected chi connectivity index (χ1v) is 8.03. The number of esters is 1. The number of carbonyl (C=O) groups is 1. The molecule has 0 fully saturated rings. The Morgan fingerprint density at radius 2 is 1.72 bits per heavy atom. The predicted octanol–water partition coefficient (Wildman–Crippen LogP) is 3.86. The fourth-order valence-corrected chi connectivity index (χ4v) is 2.18. The van der Waals surface area contributed by atoms with Gasteiger partial charge in [0.25, 0.3) is 0 Å². The van der Waals surface area contributed by atoms with Gasteiger partial charge in [-0.15, -0.1) is 0 Å². The average Bonchev–Trinajstić information content (AvgIpc) is 2.61. The van der Waals surface area contributed by atoms with E-state index < -0.39 is 11.6 Å². The summed E-state index contributed by atoms with van der Waals surface area (Å²) in [5, 5.41) is 9.07. The molecule has 0 aliphatic rings. The Morgan fingerprint density at radius 1 is 1.08 bits per heavy atom. The monoisotopic (exact) mass is 339 g/mol. The van der Waals surface area contributed by atoms with Gasteiger partial charge < -0.3 is 14.2 Å². The van der Waals surface area contributed by atoms with E-state index in [-0.39, 0.29) is 6.61 Å². The summed E-state index contributed by atoms with van der Waals surface area (Å²) in [6.45, 7) is 5.80. The molecule has 0 amide bonds. The molecule has 0 bridgehead atoms. The van der Waals surface area contributed by atoms with Crippen molar-refractivity contribution in [1.29, 1.82) is 5.26 Å². The van der Waals surface area contributed by atoms with Gasteiger partial charge in [0.1, 0.15) is 18.1 Å². The Balaban J connectivity index is 1.98. The van der Waals surface area contributed by atoms with Gasteiger partial charge in [-0.2, -0.15) is 5.26 Å². The summed E-state index contributed by atoms with van der Waals surface area (Å²) >= 11 is 0. The molecule has 0 saturated carbocycles. The Labute approximate surface area is 147 Å². The minimum absolute atomic E-state index is 0.0264. The zero-order chi connectivity index (χ0) is 18.3. The van der Waals surface area contributed by atoms with Crippen LogP contribution in [0.1, 0.15) is 31.9 Å². The summed E-state index contributed by atoms with van der Waals surface area (Å²) in [5.41, 5.74) is -0.00917. The van der Waals surface area contributed by atoms with Crippen LogP contribution in [-0.4, -0.2) is 18.2 Å². The molecule has 0 aliphatic heterocycles. The first-order chi connectivity index (χ1) is 12.0. The number of nitrogens with zero attached hydrogens (tertiary/aromatic N) is 1. The molecule has 5 heteroatoms. The second-order valence-electron chi connectivity index (χ2n) is 5.86. The molecule has 130 valence electrons. The molecule has 0 atom stereocenters. The van der Waals surface area contributed by atoms with E-state index in [2.05, 4.69) is 6.07 Å². The number of hydrogen-bond acceptors (Lipinski definition) is 5. The van der Waals surface area contributed by atoms with Gasteiger partial charge in [0.05, 0.1) is 18.2 Å². The van der Waals surface area contributed by atoms with Crippen molar-refractivity contribution in [2.45, 2.75) is 33.0 Å². The topological polar surface area (TPSA) is 68.6 Å². The predicted molar refractivity (Wildman–Crippen MR) is 93.3 cm³/mol. The van der Waals surface area contributed by atoms with Crippen molar-refractivity contribution in [2.24, 2.45) is 0 Å². The van der Waals surface area contributed by atoms with E-state index in [1.165, 1.54) is 0 Å². The Morgan fingerprint density at radius 3 is 2.36 bits per heavy atom. The molecule has 0 saturated heterocycles. The number of nitriles is 1. The van der Waals surface area contributed by atoms with Gasteiger partial charge in [-0.05, 0) is 51.1 Å². The van der Waals surface area contributed by atoms with Crippen molar-refractivity contribution in [3.63, 3.8) is 0 Å².